The zero-order valence-electron chi connectivity index (χ0n) is 20.3. The predicted octanol–water partition coefficient (Wildman–Crippen LogP) is 4.72. The van der Waals surface area contributed by atoms with E-state index in [2.05, 4.69) is 15.0 Å². The van der Waals surface area contributed by atoms with Gasteiger partial charge in [-0.25, -0.2) is 15.0 Å². The minimum Gasteiger partial charge on any atom is -0.507 e. The second-order valence-electron chi connectivity index (χ2n) is 7.64. The fourth-order valence-corrected chi connectivity index (χ4v) is 3.46. The van der Waals surface area contributed by atoms with Crippen LogP contribution in [0.15, 0.2) is 60.7 Å². The molecule has 4 rings (SSSR count). The molecule has 0 amide bonds. The van der Waals surface area contributed by atoms with Crippen LogP contribution in [0.1, 0.15) is 6.92 Å². The van der Waals surface area contributed by atoms with Gasteiger partial charge >= 0.3 is 0 Å². The maximum Gasteiger partial charge on any atom is 0.167 e. The Balaban J connectivity index is 1.76. The van der Waals surface area contributed by atoms with Gasteiger partial charge in [-0.3, -0.25) is 0 Å². The van der Waals surface area contributed by atoms with Crippen molar-refractivity contribution in [3.8, 4) is 62.9 Å². The summed E-state index contributed by atoms with van der Waals surface area (Å²) in [7, 11) is 3.04. The molecule has 0 saturated carbocycles. The van der Waals surface area contributed by atoms with Crippen molar-refractivity contribution in [1.29, 1.82) is 0 Å². The molecule has 1 heterocycles. The summed E-state index contributed by atoms with van der Waals surface area (Å²) >= 11 is 0. The van der Waals surface area contributed by atoms with Crippen LogP contribution in [-0.2, 0) is 4.74 Å². The fourth-order valence-electron chi connectivity index (χ4n) is 3.46. The Morgan fingerprint density at radius 2 is 1.14 bits per heavy atom. The molecule has 0 aliphatic carbocycles. The maximum absolute atomic E-state index is 10.6. The molecule has 0 radical (unpaired) electrons. The van der Waals surface area contributed by atoms with Crippen LogP contribution in [0.25, 0.3) is 34.2 Å². The zero-order chi connectivity index (χ0) is 25.5. The molecule has 186 valence electrons. The lowest BCUT2D eigenvalue weighted by Crippen LogP contribution is -2.06. The van der Waals surface area contributed by atoms with E-state index < -0.39 is 0 Å². The lowest BCUT2D eigenvalue weighted by molar-refractivity contribution is 0.110. The second-order valence-corrected chi connectivity index (χ2v) is 7.64. The average molecular weight is 490 g/mol. The van der Waals surface area contributed by atoms with Crippen LogP contribution in [0.2, 0.25) is 0 Å². The largest absolute Gasteiger partial charge is 0.507 e. The van der Waals surface area contributed by atoms with Gasteiger partial charge in [0, 0.05) is 24.3 Å². The highest BCUT2D eigenvalue weighted by molar-refractivity contribution is 5.72. The van der Waals surface area contributed by atoms with Crippen LogP contribution in [0.5, 0.6) is 28.7 Å². The Kier molecular flexibility index (Phi) is 7.82. The highest BCUT2D eigenvalue weighted by Gasteiger charge is 2.17. The molecular formula is C27H27N3O6. The smallest absolute Gasteiger partial charge is 0.167 e. The van der Waals surface area contributed by atoms with Crippen LogP contribution >= 0.6 is 0 Å². The normalized spacial score (nSPS) is 10.8. The molecule has 3 aromatic carbocycles. The van der Waals surface area contributed by atoms with E-state index in [-0.39, 0.29) is 23.1 Å². The molecule has 0 unspecified atom stereocenters. The summed E-state index contributed by atoms with van der Waals surface area (Å²) in [5.41, 5.74) is 1.49. The first-order chi connectivity index (χ1) is 17.5. The number of aromatic hydroxyl groups is 2. The minimum absolute atomic E-state index is 0.0468. The topological polar surface area (TPSA) is 116 Å². The number of methoxy groups -OCH3 is 2. The Morgan fingerprint density at radius 3 is 1.61 bits per heavy atom. The SMILES string of the molecule is CCOCCOc1ccc(-c2nc(-c3ccc(OC)cc3O)nc(-c3ccc(OC)cc3O)n2)cc1. The molecular weight excluding hydrogens is 462 g/mol. The van der Waals surface area contributed by atoms with Gasteiger partial charge in [-0.1, -0.05) is 0 Å². The van der Waals surface area contributed by atoms with Crippen LogP contribution in [-0.4, -0.2) is 59.2 Å². The average Bonchev–Trinajstić information content (AvgIpc) is 2.91. The van der Waals surface area contributed by atoms with Crippen molar-refractivity contribution in [2.45, 2.75) is 6.92 Å². The first kappa shape index (κ1) is 24.7. The molecule has 0 bridgehead atoms. The van der Waals surface area contributed by atoms with Gasteiger partial charge in [-0.15, -0.1) is 0 Å². The molecule has 0 aliphatic heterocycles. The van der Waals surface area contributed by atoms with Crippen LogP contribution < -0.4 is 14.2 Å². The Morgan fingerprint density at radius 1 is 0.639 bits per heavy atom. The number of ether oxygens (including phenoxy) is 4. The summed E-state index contributed by atoms with van der Waals surface area (Å²) in [6.07, 6.45) is 0. The highest BCUT2D eigenvalue weighted by atomic mass is 16.5. The van der Waals surface area contributed by atoms with Gasteiger partial charge in [0.05, 0.1) is 32.0 Å². The number of benzene rings is 3. The van der Waals surface area contributed by atoms with E-state index in [1.54, 1.807) is 24.3 Å². The molecule has 0 saturated heterocycles. The third-order valence-electron chi connectivity index (χ3n) is 5.34. The van der Waals surface area contributed by atoms with Gasteiger partial charge in [0.1, 0.15) is 35.4 Å². The molecule has 0 fully saturated rings. The van der Waals surface area contributed by atoms with Crippen LogP contribution in [0, 0.1) is 0 Å². The third-order valence-corrected chi connectivity index (χ3v) is 5.34. The van der Waals surface area contributed by atoms with Gasteiger partial charge in [0.2, 0.25) is 0 Å². The molecule has 0 aliphatic rings. The number of hydrogen-bond acceptors (Lipinski definition) is 9. The van der Waals surface area contributed by atoms with Crippen molar-refractivity contribution < 1.29 is 29.2 Å². The van der Waals surface area contributed by atoms with Crippen LogP contribution in [0.3, 0.4) is 0 Å². The van der Waals surface area contributed by atoms with Crippen molar-refractivity contribution in [3.63, 3.8) is 0 Å². The number of rotatable bonds is 10. The molecule has 2 N–H and O–H groups in total. The molecule has 36 heavy (non-hydrogen) atoms. The molecule has 0 atom stereocenters. The third kappa shape index (κ3) is 5.64. The molecule has 4 aromatic rings. The number of aromatic nitrogens is 3. The molecule has 0 spiro atoms. The molecule has 9 nitrogen and oxygen atoms in total. The zero-order valence-corrected chi connectivity index (χ0v) is 20.3. The Bertz CT molecular complexity index is 1260. The number of phenols is 2. The van der Waals surface area contributed by atoms with Crippen molar-refractivity contribution in [2.75, 3.05) is 34.0 Å². The lowest BCUT2D eigenvalue weighted by Gasteiger charge is -2.12. The van der Waals surface area contributed by atoms with Crippen molar-refractivity contribution in [1.82, 2.24) is 15.0 Å². The van der Waals surface area contributed by atoms with E-state index in [0.29, 0.717) is 59.6 Å². The van der Waals surface area contributed by atoms with E-state index in [1.807, 2.05) is 31.2 Å². The lowest BCUT2D eigenvalue weighted by atomic mass is 10.1. The predicted molar refractivity (Wildman–Crippen MR) is 135 cm³/mol. The summed E-state index contributed by atoms with van der Waals surface area (Å²) < 4.78 is 21.4. The summed E-state index contributed by atoms with van der Waals surface area (Å²) in [4.78, 5) is 13.8. The van der Waals surface area contributed by atoms with E-state index in [4.69, 9.17) is 18.9 Å². The van der Waals surface area contributed by atoms with Gasteiger partial charge in [-0.2, -0.15) is 0 Å². The van der Waals surface area contributed by atoms with E-state index in [0.717, 1.165) is 0 Å². The Hall–Kier alpha value is -4.37. The summed E-state index contributed by atoms with van der Waals surface area (Å²) in [6.45, 7) is 3.53. The first-order valence-electron chi connectivity index (χ1n) is 11.3. The summed E-state index contributed by atoms with van der Waals surface area (Å²) in [6, 6.07) is 17.0. The van der Waals surface area contributed by atoms with E-state index in [9.17, 15) is 10.2 Å². The second kappa shape index (κ2) is 11.4. The quantitative estimate of drug-likeness (QED) is 0.305. The minimum atomic E-state index is -0.0468. The van der Waals surface area contributed by atoms with Gasteiger partial charge in [-0.05, 0) is 55.5 Å². The standard InChI is InChI=1S/C27H27N3O6/c1-4-35-13-14-36-18-7-5-17(6-8-18)25-28-26(21-11-9-19(33-2)15-23(21)31)30-27(29-25)22-12-10-20(34-3)16-24(22)32/h5-12,15-16,31-32H,4,13-14H2,1-3H3. The van der Waals surface area contributed by atoms with Crippen LogP contribution in [0.4, 0.5) is 0 Å². The fraction of sp³-hybridized carbons (Fsp3) is 0.222. The van der Waals surface area contributed by atoms with Crippen molar-refractivity contribution in [3.05, 3.63) is 60.7 Å². The number of phenolic OH excluding ortho intramolecular Hbond substituents is 2. The summed E-state index contributed by atoms with van der Waals surface area (Å²) in [5, 5.41) is 21.2. The Labute approximate surface area is 208 Å². The van der Waals surface area contributed by atoms with E-state index in [1.165, 1.54) is 26.4 Å². The van der Waals surface area contributed by atoms with Crippen molar-refractivity contribution in [2.24, 2.45) is 0 Å². The monoisotopic (exact) mass is 489 g/mol. The van der Waals surface area contributed by atoms with Gasteiger partial charge in [0.25, 0.3) is 0 Å². The number of hydrogen-bond donors (Lipinski definition) is 2. The molecule has 1 aromatic heterocycles. The highest BCUT2D eigenvalue weighted by Crippen LogP contribution is 2.35. The van der Waals surface area contributed by atoms with Gasteiger partial charge < -0.3 is 29.2 Å². The summed E-state index contributed by atoms with van der Waals surface area (Å²) in [5.74, 6) is 2.43. The molecule has 9 heteroatoms. The maximum atomic E-state index is 10.6. The van der Waals surface area contributed by atoms with Gasteiger partial charge in [0.15, 0.2) is 17.5 Å². The number of nitrogens with zero attached hydrogens (tertiary/aromatic N) is 3. The van der Waals surface area contributed by atoms with E-state index >= 15 is 0 Å². The van der Waals surface area contributed by atoms with Crippen molar-refractivity contribution >= 4 is 0 Å². The first-order valence-corrected chi connectivity index (χ1v) is 11.3.